The van der Waals surface area contributed by atoms with Crippen LogP contribution in [0.4, 0.5) is 4.79 Å². The number of carbonyl (C=O) groups excluding carboxylic acids is 3. The van der Waals surface area contributed by atoms with Crippen LogP contribution in [0.25, 0.3) is 10.8 Å². The van der Waals surface area contributed by atoms with Crippen LogP contribution < -0.4 is 10.1 Å². The Morgan fingerprint density at radius 3 is 2.52 bits per heavy atom. The molecule has 7 heteroatoms. The number of fused-ring (bicyclic) bond motifs is 1. The molecule has 0 aliphatic carbocycles. The summed E-state index contributed by atoms with van der Waals surface area (Å²) in [7, 11) is 1.56. The van der Waals surface area contributed by atoms with Crippen molar-refractivity contribution in [2.45, 2.75) is 13.0 Å². The van der Waals surface area contributed by atoms with Crippen molar-refractivity contribution in [3.8, 4) is 5.75 Å². The first kappa shape index (κ1) is 16.8. The zero-order valence-electron chi connectivity index (χ0n) is 13.9. The molecule has 0 saturated carbocycles. The first-order chi connectivity index (χ1) is 12.0. The zero-order chi connectivity index (χ0) is 18.0. The summed E-state index contributed by atoms with van der Waals surface area (Å²) in [4.78, 5) is 37.4. The second-order valence-corrected chi connectivity index (χ2v) is 5.63. The molecular weight excluding hydrogens is 324 g/mol. The van der Waals surface area contributed by atoms with Crippen LogP contribution in [0.1, 0.15) is 17.3 Å². The van der Waals surface area contributed by atoms with Gasteiger partial charge in [-0.25, -0.2) is 9.59 Å². The highest BCUT2D eigenvalue weighted by Crippen LogP contribution is 2.29. The Kier molecular flexibility index (Phi) is 4.56. The maximum absolute atomic E-state index is 12.5. The van der Waals surface area contributed by atoms with E-state index in [1.54, 1.807) is 25.3 Å². The van der Waals surface area contributed by atoms with Gasteiger partial charge in [-0.2, -0.15) is 0 Å². The van der Waals surface area contributed by atoms with Crippen molar-refractivity contribution >= 4 is 28.7 Å². The summed E-state index contributed by atoms with van der Waals surface area (Å²) in [5.74, 6) is -0.523. The topological polar surface area (TPSA) is 84.9 Å². The van der Waals surface area contributed by atoms with E-state index >= 15 is 0 Å². The molecule has 0 aromatic heterocycles. The summed E-state index contributed by atoms with van der Waals surface area (Å²) < 4.78 is 10.6. The average Bonchev–Trinajstić information content (AvgIpc) is 3.05. The molecule has 1 fully saturated rings. The molecule has 1 aliphatic rings. The number of ether oxygens (including phenoxy) is 2. The number of methoxy groups -OCH3 is 1. The van der Waals surface area contributed by atoms with Gasteiger partial charge in [0.2, 0.25) is 0 Å². The van der Waals surface area contributed by atoms with Crippen molar-refractivity contribution in [1.29, 1.82) is 0 Å². The summed E-state index contributed by atoms with van der Waals surface area (Å²) >= 11 is 0. The van der Waals surface area contributed by atoms with Gasteiger partial charge < -0.3 is 14.8 Å². The van der Waals surface area contributed by atoms with Gasteiger partial charge in [-0.1, -0.05) is 24.3 Å². The van der Waals surface area contributed by atoms with Gasteiger partial charge in [-0.3, -0.25) is 9.69 Å². The van der Waals surface area contributed by atoms with Gasteiger partial charge in [-0.15, -0.1) is 0 Å². The van der Waals surface area contributed by atoms with Crippen molar-refractivity contribution in [2.75, 3.05) is 20.2 Å². The highest BCUT2D eigenvalue weighted by Gasteiger charge is 2.32. The number of urea groups is 1. The van der Waals surface area contributed by atoms with Gasteiger partial charge in [0.05, 0.1) is 12.7 Å². The van der Waals surface area contributed by atoms with Crippen LogP contribution in [0.3, 0.4) is 0 Å². The third-order valence-electron chi connectivity index (χ3n) is 4.08. The van der Waals surface area contributed by atoms with Gasteiger partial charge in [-0.05, 0) is 24.4 Å². The Labute approximate surface area is 144 Å². The van der Waals surface area contributed by atoms with Crippen LogP contribution in [-0.2, 0) is 9.53 Å². The predicted octanol–water partition coefficient (Wildman–Crippen LogP) is 1.95. The predicted molar refractivity (Wildman–Crippen MR) is 90.5 cm³/mol. The molecule has 130 valence electrons. The monoisotopic (exact) mass is 342 g/mol. The quantitative estimate of drug-likeness (QED) is 0.859. The fourth-order valence-electron chi connectivity index (χ4n) is 2.80. The molecule has 7 nitrogen and oxygen atoms in total. The molecule has 0 spiro atoms. The van der Waals surface area contributed by atoms with E-state index in [0.717, 1.165) is 10.3 Å². The molecule has 3 amide bonds. The Bertz CT molecular complexity index is 848. The van der Waals surface area contributed by atoms with Crippen LogP contribution >= 0.6 is 0 Å². The second kappa shape index (κ2) is 6.80. The molecule has 0 radical (unpaired) electrons. The smallest absolute Gasteiger partial charge is 0.339 e. The third kappa shape index (κ3) is 3.13. The minimum absolute atomic E-state index is 0.269. The summed E-state index contributed by atoms with van der Waals surface area (Å²) in [5, 5.41) is 3.99. The van der Waals surface area contributed by atoms with Crippen molar-refractivity contribution in [3.05, 3.63) is 42.0 Å². The molecule has 1 aliphatic heterocycles. The minimum atomic E-state index is -1.06. The number of rotatable bonds is 4. The van der Waals surface area contributed by atoms with Crippen molar-refractivity contribution in [1.82, 2.24) is 10.2 Å². The Morgan fingerprint density at radius 1 is 1.16 bits per heavy atom. The Hall–Kier alpha value is -3.09. The number of esters is 1. The molecule has 3 rings (SSSR count). The molecule has 1 heterocycles. The zero-order valence-corrected chi connectivity index (χ0v) is 13.9. The van der Waals surface area contributed by atoms with E-state index in [0.29, 0.717) is 23.2 Å². The molecule has 1 saturated heterocycles. The molecular formula is C18H18N2O5. The number of nitrogens with one attached hydrogen (secondary N) is 1. The minimum Gasteiger partial charge on any atom is -0.496 e. The highest BCUT2D eigenvalue weighted by atomic mass is 16.5. The summed E-state index contributed by atoms with van der Waals surface area (Å²) in [6.45, 7) is 2.12. The first-order valence-corrected chi connectivity index (χ1v) is 7.89. The number of hydrogen-bond acceptors (Lipinski definition) is 5. The van der Waals surface area contributed by atoms with Gasteiger partial charge in [0.25, 0.3) is 5.91 Å². The van der Waals surface area contributed by atoms with E-state index in [1.807, 2.05) is 18.2 Å². The van der Waals surface area contributed by atoms with Gasteiger partial charge in [0.15, 0.2) is 6.10 Å². The lowest BCUT2D eigenvalue weighted by atomic mass is 10.0. The van der Waals surface area contributed by atoms with E-state index in [4.69, 9.17) is 9.47 Å². The van der Waals surface area contributed by atoms with E-state index < -0.39 is 24.0 Å². The molecule has 2 aromatic rings. The van der Waals surface area contributed by atoms with Crippen molar-refractivity contribution in [3.63, 3.8) is 0 Å². The summed E-state index contributed by atoms with van der Waals surface area (Å²) in [6.07, 6.45) is -1.06. The van der Waals surface area contributed by atoms with E-state index in [9.17, 15) is 14.4 Å². The highest BCUT2D eigenvalue weighted by molar-refractivity contribution is 6.07. The average molecular weight is 342 g/mol. The summed E-state index contributed by atoms with van der Waals surface area (Å²) in [5.41, 5.74) is 0.335. The molecule has 1 N–H and O–H groups in total. The number of carbonyl (C=O) groups is 3. The molecule has 2 aromatic carbocycles. The van der Waals surface area contributed by atoms with Crippen LogP contribution in [-0.4, -0.2) is 49.1 Å². The standard InChI is InChI=1S/C18H18N2O5/c1-11(16(21)20-10-9-19-18(20)23)25-17(22)14-7-8-15(24-2)13-6-4-3-5-12(13)14/h3-8,11H,9-10H2,1-2H3,(H,19,23). The maximum atomic E-state index is 12.5. The SMILES string of the molecule is COc1ccc(C(=O)OC(C)C(=O)N2CCNC2=O)c2ccccc12. The Balaban J connectivity index is 1.83. The van der Waals surface area contributed by atoms with E-state index in [2.05, 4.69) is 5.32 Å². The normalized spacial score (nSPS) is 15.0. The molecule has 1 atom stereocenters. The lowest BCUT2D eigenvalue weighted by Crippen LogP contribution is -2.41. The third-order valence-corrected chi connectivity index (χ3v) is 4.08. The number of benzene rings is 2. The largest absolute Gasteiger partial charge is 0.496 e. The number of amides is 3. The molecule has 0 bridgehead atoms. The van der Waals surface area contributed by atoms with E-state index in [1.165, 1.54) is 6.92 Å². The second-order valence-electron chi connectivity index (χ2n) is 5.63. The fraction of sp³-hybridized carbons (Fsp3) is 0.278. The summed E-state index contributed by atoms with van der Waals surface area (Å²) in [6, 6.07) is 10.1. The fourth-order valence-corrected chi connectivity index (χ4v) is 2.80. The van der Waals surface area contributed by atoms with Crippen LogP contribution in [0.5, 0.6) is 5.75 Å². The van der Waals surface area contributed by atoms with Crippen molar-refractivity contribution < 1.29 is 23.9 Å². The lowest BCUT2D eigenvalue weighted by Gasteiger charge is -2.18. The van der Waals surface area contributed by atoms with Crippen LogP contribution in [0.15, 0.2) is 36.4 Å². The first-order valence-electron chi connectivity index (χ1n) is 7.89. The maximum Gasteiger partial charge on any atom is 0.339 e. The number of nitrogens with zero attached hydrogens (tertiary/aromatic N) is 1. The number of imide groups is 1. The van der Waals surface area contributed by atoms with Gasteiger partial charge in [0.1, 0.15) is 5.75 Å². The van der Waals surface area contributed by atoms with Crippen molar-refractivity contribution in [2.24, 2.45) is 0 Å². The van der Waals surface area contributed by atoms with E-state index in [-0.39, 0.29) is 6.54 Å². The van der Waals surface area contributed by atoms with Gasteiger partial charge >= 0.3 is 12.0 Å². The van der Waals surface area contributed by atoms with Crippen LogP contribution in [0.2, 0.25) is 0 Å². The molecule has 1 unspecified atom stereocenters. The van der Waals surface area contributed by atoms with Gasteiger partial charge in [0, 0.05) is 18.5 Å². The van der Waals surface area contributed by atoms with Crippen LogP contribution in [0, 0.1) is 0 Å². The lowest BCUT2D eigenvalue weighted by molar-refractivity contribution is -0.136. The number of hydrogen-bond donors (Lipinski definition) is 1. The Morgan fingerprint density at radius 2 is 1.88 bits per heavy atom. The molecule has 25 heavy (non-hydrogen) atoms.